The number of methoxy groups -OCH3 is 1. The van der Waals surface area contributed by atoms with Crippen molar-refractivity contribution in [2.45, 2.75) is 13.0 Å². The Labute approximate surface area is 117 Å². The van der Waals surface area contributed by atoms with Crippen molar-refractivity contribution in [1.82, 2.24) is 0 Å². The molecule has 19 heavy (non-hydrogen) atoms. The van der Waals surface area contributed by atoms with Crippen LogP contribution in [-0.2, 0) is 4.74 Å². The average molecular weight is 286 g/mol. The molecule has 0 amide bonds. The van der Waals surface area contributed by atoms with Gasteiger partial charge in [0.1, 0.15) is 5.82 Å². The van der Waals surface area contributed by atoms with Crippen molar-refractivity contribution in [3.8, 4) is 0 Å². The number of thioether (sulfide) groups is 1. The summed E-state index contributed by atoms with van der Waals surface area (Å²) in [5.74, 6) is -0.154. The molecule has 0 aliphatic carbocycles. The Morgan fingerprint density at radius 1 is 1.58 bits per heavy atom. The van der Waals surface area contributed by atoms with Gasteiger partial charge in [0.05, 0.1) is 18.4 Å². The van der Waals surface area contributed by atoms with Gasteiger partial charge in [0.15, 0.2) is 0 Å². The Morgan fingerprint density at radius 2 is 2.21 bits per heavy atom. The number of anilines is 2. The van der Waals surface area contributed by atoms with Crippen LogP contribution in [-0.4, -0.2) is 38.2 Å². The van der Waals surface area contributed by atoms with Crippen molar-refractivity contribution in [2.75, 3.05) is 36.8 Å². The van der Waals surface area contributed by atoms with E-state index in [-0.39, 0.29) is 17.3 Å². The molecular weight excluding hydrogens is 267 g/mol. The fourth-order valence-corrected chi connectivity index (χ4v) is 2.43. The lowest BCUT2D eigenvalue weighted by Gasteiger charge is -2.27. The minimum Gasteiger partial charge on any atom is -0.465 e. The van der Waals surface area contributed by atoms with Crippen molar-refractivity contribution in [2.24, 2.45) is 0 Å². The molecule has 0 aliphatic heterocycles. The van der Waals surface area contributed by atoms with Gasteiger partial charge in [0.25, 0.3) is 0 Å². The molecule has 0 radical (unpaired) electrons. The predicted octanol–water partition coefficient (Wildman–Crippen LogP) is 2.38. The second kappa shape index (κ2) is 6.65. The molecule has 1 aromatic rings. The number of rotatable bonds is 5. The number of hydrogen-bond acceptors (Lipinski definition) is 5. The lowest BCUT2D eigenvalue weighted by molar-refractivity contribution is 0.0602. The van der Waals surface area contributed by atoms with E-state index in [2.05, 4.69) is 4.74 Å². The van der Waals surface area contributed by atoms with Crippen LogP contribution in [0, 0.1) is 5.82 Å². The smallest absolute Gasteiger partial charge is 0.340 e. The van der Waals surface area contributed by atoms with E-state index in [4.69, 9.17) is 5.73 Å². The van der Waals surface area contributed by atoms with E-state index in [9.17, 15) is 9.18 Å². The molecule has 4 nitrogen and oxygen atoms in total. The lowest BCUT2D eigenvalue weighted by Crippen LogP contribution is -2.31. The number of nitrogens with two attached hydrogens (primary N) is 1. The van der Waals surface area contributed by atoms with Gasteiger partial charge in [0, 0.05) is 24.5 Å². The van der Waals surface area contributed by atoms with Crippen LogP contribution in [0.25, 0.3) is 0 Å². The summed E-state index contributed by atoms with van der Waals surface area (Å²) in [6.45, 7) is 1.99. The van der Waals surface area contributed by atoms with Gasteiger partial charge in [0.2, 0.25) is 0 Å². The number of nitrogen functional groups attached to an aromatic ring is 1. The topological polar surface area (TPSA) is 55.6 Å². The van der Waals surface area contributed by atoms with Crippen molar-refractivity contribution < 1.29 is 13.9 Å². The van der Waals surface area contributed by atoms with Crippen molar-refractivity contribution in [1.29, 1.82) is 0 Å². The van der Waals surface area contributed by atoms with Crippen LogP contribution in [0.1, 0.15) is 17.3 Å². The number of hydrogen-bond donors (Lipinski definition) is 1. The van der Waals surface area contributed by atoms with Crippen LogP contribution in [0.3, 0.4) is 0 Å². The Bertz CT molecular complexity index is 468. The zero-order valence-corrected chi connectivity index (χ0v) is 12.4. The molecule has 2 N–H and O–H groups in total. The first-order valence-corrected chi connectivity index (χ1v) is 7.20. The molecule has 0 aliphatic rings. The summed E-state index contributed by atoms with van der Waals surface area (Å²) in [4.78, 5) is 13.4. The van der Waals surface area contributed by atoms with Gasteiger partial charge in [-0.1, -0.05) is 0 Å². The third-order valence-electron chi connectivity index (χ3n) is 2.97. The number of carbonyl (C=O) groups is 1. The number of benzene rings is 1. The van der Waals surface area contributed by atoms with Crippen molar-refractivity contribution >= 4 is 29.1 Å². The molecule has 0 saturated carbocycles. The van der Waals surface area contributed by atoms with E-state index in [1.54, 1.807) is 23.7 Å². The zero-order chi connectivity index (χ0) is 14.6. The summed E-state index contributed by atoms with van der Waals surface area (Å²) in [6, 6.07) is 2.73. The minimum atomic E-state index is -0.565. The molecule has 0 aromatic heterocycles. The average Bonchev–Trinajstić information content (AvgIpc) is 2.37. The van der Waals surface area contributed by atoms with Crippen molar-refractivity contribution in [3.05, 3.63) is 23.5 Å². The fraction of sp³-hybridized carbons (Fsp3) is 0.462. The molecule has 0 spiro atoms. The summed E-state index contributed by atoms with van der Waals surface area (Å²) in [5, 5.41) is 0. The highest BCUT2D eigenvalue weighted by Crippen LogP contribution is 2.27. The van der Waals surface area contributed by atoms with Crippen LogP contribution in [0.15, 0.2) is 12.1 Å². The van der Waals surface area contributed by atoms with E-state index in [1.807, 2.05) is 13.2 Å². The largest absolute Gasteiger partial charge is 0.465 e. The highest BCUT2D eigenvalue weighted by Gasteiger charge is 2.19. The summed E-state index contributed by atoms with van der Waals surface area (Å²) >= 11 is 1.68. The van der Waals surface area contributed by atoms with Gasteiger partial charge in [-0.2, -0.15) is 11.8 Å². The molecule has 0 saturated heterocycles. The highest BCUT2D eigenvalue weighted by atomic mass is 32.2. The predicted molar refractivity (Wildman–Crippen MR) is 78.4 cm³/mol. The Kier molecular flexibility index (Phi) is 5.47. The Hall–Kier alpha value is -1.43. The van der Waals surface area contributed by atoms with E-state index in [0.29, 0.717) is 5.69 Å². The number of carbonyl (C=O) groups excluding carboxylic acids is 1. The van der Waals surface area contributed by atoms with Gasteiger partial charge in [-0.3, -0.25) is 0 Å². The second-order valence-electron chi connectivity index (χ2n) is 4.30. The van der Waals surface area contributed by atoms with Gasteiger partial charge in [-0.15, -0.1) is 0 Å². The molecule has 0 heterocycles. The standard InChI is InChI=1S/C13H19FN2O2S/c1-8(7-19-4)16(2)12-5-9(13(17)18-3)11(15)6-10(12)14/h5-6,8H,7,15H2,1-4H3. The Balaban J connectivity index is 3.17. The summed E-state index contributed by atoms with van der Waals surface area (Å²) < 4.78 is 18.6. The first kappa shape index (κ1) is 15.6. The van der Waals surface area contributed by atoms with Crippen molar-refractivity contribution in [3.63, 3.8) is 0 Å². The summed E-state index contributed by atoms with van der Waals surface area (Å²) in [7, 11) is 3.06. The maximum absolute atomic E-state index is 14.0. The molecule has 0 bridgehead atoms. The van der Waals surface area contributed by atoms with Gasteiger partial charge >= 0.3 is 5.97 Å². The summed E-state index contributed by atoms with van der Waals surface area (Å²) in [5.41, 5.74) is 6.25. The molecule has 6 heteroatoms. The van der Waals surface area contributed by atoms with Gasteiger partial charge < -0.3 is 15.4 Å². The lowest BCUT2D eigenvalue weighted by atomic mass is 10.1. The van der Waals surface area contributed by atoms with Crippen LogP contribution in [0.4, 0.5) is 15.8 Å². The molecule has 1 unspecified atom stereocenters. The third kappa shape index (κ3) is 3.53. The molecule has 1 rings (SSSR count). The van der Waals surface area contributed by atoms with Crippen LogP contribution >= 0.6 is 11.8 Å². The fourth-order valence-electron chi connectivity index (χ4n) is 1.72. The van der Waals surface area contributed by atoms with Crippen LogP contribution < -0.4 is 10.6 Å². The SMILES string of the molecule is COC(=O)c1cc(N(C)C(C)CSC)c(F)cc1N. The van der Waals surface area contributed by atoms with Crippen LogP contribution in [0.2, 0.25) is 0 Å². The minimum absolute atomic E-state index is 0.0824. The quantitative estimate of drug-likeness (QED) is 0.665. The normalized spacial score (nSPS) is 12.1. The van der Waals surface area contributed by atoms with E-state index in [0.717, 1.165) is 11.8 Å². The first-order chi connectivity index (χ1) is 8.92. The monoisotopic (exact) mass is 286 g/mol. The first-order valence-electron chi connectivity index (χ1n) is 5.81. The van der Waals surface area contributed by atoms with Crippen LogP contribution in [0.5, 0.6) is 0 Å². The molecule has 1 atom stereocenters. The van der Waals surface area contributed by atoms with E-state index < -0.39 is 11.8 Å². The maximum Gasteiger partial charge on any atom is 0.340 e. The summed E-state index contributed by atoms with van der Waals surface area (Å²) in [6.07, 6.45) is 1.99. The second-order valence-corrected chi connectivity index (χ2v) is 5.21. The van der Waals surface area contributed by atoms with Gasteiger partial charge in [-0.05, 0) is 25.3 Å². The maximum atomic E-state index is 14.0. The highest BCUT2D eigenvalue weighted by molar-refractivity contribution is 7.98. The molecular formula is C13H19FN2O2S. The zero-order valence-electron chi connectivity index (χ0n) is 11.6. The third-order valence-corrected chi connectivity index (χ3v) is 3.79. The number of ether oxygens (including phenoxy) is 1. The van der Waals surface area contributed by atoms with E-state index >= 15 is 0 Å². The molecule has 0 fully saturated rings. The molecule has 106 valence electrons. The molecule has 1 aromatic carbocycles. The van der Waals surface area contributed by atoms with Gasteiger partial charge in [-0.25, -0.2) is 9.18 Å². The number of nitrogens with zero attached hydrogens (tertiary/aromatic N) is 1. The number of halogens is 1. The number of esters is 1. The van der Waals surface area contributed by atoms with E-state index in [1.165, 1.54) is 13.2 Å². The Morgan fingerprint density at radius 3 is 2.74 bits per heavy atom.